The van der Waals surface area contributed by atoms with E-state index in [2.05, 4.69) is 24.5 Å². The van der Waals surface area contributed by atoms with Crippen molar-refractivity contribution in [2.24, 2.45) is 11.8 Å². The molecule has 3 atom stereocenters. The normalized spacial score (nSPS) is 29.0. The number of amides is 1. The van der Waals surface area contributed by atoms with Gasteiger partial charge in [-0.15, -0.1) is 0 Å². The summed E-state index contributed by atoms with van der Waals surface area (Å²) in [6.07, 6.45) is 8.97. The minimum Gasteiger partial charge on any atom is -0.379 e. The van der Waals surface area contributed by atoms with Crippen molar-refractivity contribution in [1.82, 2.24) is 10.6 Å². The Kier molecular flexibility index (Phi) is 6.97. The molecular weight excluding hydrogens is 264 g/mol. The quantitative estimate of drug-likeness (QED) is 0.740. The van der Waals surface area contributed by atoms with E-state index in [-0.39, 0.29) is 17.9 Å². The molecule has 0 aromatic heterocycles. The average molecular weight is 296 g/mol. The number of ether oxygens (including phenoxy) is 1. The van der Waals surface area contributed by atoms with Crippen molar-refractivity contribution in [2.45, 2.75) is 70.9 Å². The summed E-state index contributed by atoms with van der Waals surface area (Å²) in [5.41, 5.74) is 0. The molecular formula is C17H32N2O2. The average Bonchev–Trinajstić information content (AvgIpc) is 2.77. The van der Waals surface area contributed by atoms with Gasteiger partial charge in [-0.3, -0.25) is 4.79 Å². The van der Waals surface area contributed by atoms with Crippen LogP contribution < -0.4 is 10.6 Å². The van der Waals surface area contributed by atoms with Crippen LogP contribution in [0.5, 0.6) is 0 Å². The van der Waals surface area contributed by atoms with E-state index in [0.717, 1.165) is 13.0 Å². The molecule has 1 aliphatic heterocycles. The van der Waals surface area contributed by atoms with Crippen LogP contribution in [-0.4, -0.2) is 37.7 Å². The number of carbonyl (C=O) groups is 1. The molecule has 1 amide bonds. The summed E-state index contributed by atoms with van der Waals surface area (Å²) < 4.78 is 5.51. The monoisotopic (exact) mass is 296 g/mol. The highest BCUT2D eigenvalue weighted by Gasteiger charge is 2.34. The fourth-order valence-electron chi connectivity index (χ4n) is 3.60. The van der Waals surface area contributed by atoms with Gasteiger partial charge in [0.05, 0.1) is 19.1 Å². The molecule has 0 radical (unpaired) electrons. The van der Waals surface area contributed by atoms with E-state index in [0.29, 0.717) is 25.2 Å². The lowest BCUT2D eigenvalue weighted by atomic mass is 9.92. The maximum atomic E-state index is 12.5. The largest absolute Gasteiger partial charge is 0.379 e. The van der Waals surface area contributed by atoms with Crippen molar-refractivity contribution in [2.75, 3.05) is 19.8 Å². The summed E-state index contributed by atoms with van der Waals surface area (Å²) in [5.74, 6) is 0.809. The molecule has 21 heavy (non-hydrogen) atoms. The SMILES string of the molecule is CCCNC1COCC1C(=O)N[C@H](C)C1CCCCCC1. The molecule has 0 spiro atoms. The molecule has 2 aliphatic rings. The van der Waals surface area contributed by atoms with Crippen LogP contribution in [0.15, 0.2) is 0 Å². The van der Waals surface area contributed by atoms with Crippen molar-refractivity contribution < 1.29 is 9.53 Å². The first-order valence-electron chi connectivity index (χ1n) is 8.84. The fraction of sp³-hybridized carbons (Fsp3) is 0.941. The van der Waals surface area contributed by atoms with Crippen molar-refractivity contribution in [3.05, 3.63) is 0 Å². The van der Waals surface area contributed by atoms with Gasteiger partial charge >= 0.3 is 0 Å². The highest BCUT2D eigenvalue weighted by Crippen LogP contribution is 2.26. The molecule has 1 heterocycles. The molecule has 4 heteroatoms. The molecule has 1 saturated carbocycles. The third kappa shape index (κ3) is 4.96. The van der Waals surface area contributed by atoms with E-state index in [1.165, 1.54) is 38.5 Å². The van der Waals surface area contributed by atoms with Crippen molar-refractivity contribution >= 4 is 5.91 Å². The highest BCUT2D eigenvalue weighted by molar-refractivity contribution is 5.80. The summed E-state index contributed by atoms with van der Waals surface area (Å²) in [4.78, 5) is 12.5. The zero-order chi connectivity index (χ0) is 15.1. The number of hydrogen-bond donors (Lipinski definition) is 2. The van der Waals surface area contributed by atoms with Gasteiger partial charge in [0.1, 0.15) is 0 Å². The standard InChI is InChI=1S/C17H32N2O2/c1-3-10-18-16-12-21-11-15(16)17(20)19-13(2)14-8-6-4-5-7-9-14/h13-16,18H,3-12H2,1-2H3,(H,19,20)/t13-,15?,16?/m1/s1. The molecule has 1 aliphatic carbocycles. The molecule has 4 nitrogen and oxygen atoms in total. The Morgan fingerprint density at radius 3 is 2.57 bits per heavy atom. The van der Waals surface area contributed by atoms with E-state index in [9.17, 15) is 4.79 Å². The smallest absolute Gasteiger partial charge is 0.227 e. The Labute approximate surface area is 129 Å². The zero-order valence-corrected chi connectivity index (χ0v) is 13.7. The number of rotatable bonds is 6. The molecule has 0 aromatic carbocycles. The Hall–Kier alpha value is -0.610. The highest BCUT2D eigenvalue weighted by atomic mass is 16.5. The Morgan fingerprint density at radius 2 is 1.90 bits per heavy atom. The number of carbonyl (C=O) groups excluding carboxylic acids is 1. The van der Waals surface area contributed by atoms with Crippen molar-refractivity contribution in [3.63, 3.8) is 0 Å². The molecule has 2 unspecified atom stereocenters. The maximum absolute atomic E-state index is 12.5. The Balaban J connectivity index is 1.81. The van der Waals surface area contributed by atoms with E-state index in [4.69, 9.17) is 4.74 Å². The topological polar surface area (TPSA) is 50.4 Å². The van der Waals surface area contributed by atoms with Gasteiger partial charge in [-0.25, -0.2) is 0 Å². The summed E-state index contributed by atoms with van der Waals surface area (Å²) in [6, 6.07) is 0.481. The van der Waals surface area contributed by atoms with Gasteiger partial charge in [-0.2, -0.15) is 0 Å². The molecule has 2 fully saturated rings. The van der Waals surface area contributed by atoms with Gasteiger partial charge < -0.3 is 15.4 Å². The fourth-order valence-corrected chi connectivity index (χ4v) is 3.60. The van der Waals surface area contributed by atoms with Gasteiger partial charge in [-0.05, 0) is 38.6 Å². The summed E-state index contributed by atoms with van der Waals surface area (Å²) >= 11 is 0. The lowest BCUT2D eigenvalue weighted by Crippen LogP contribution is -2.48. The van der Waals surface area contributed by atoms with E-state index >= 15 is 0 Å². The lowest BCUT2D eigenvalue weighted by Gasteiger charge is -2.26. The van der Waals surface area contributed by atoms with Crippen LogP contribution in [0, 0.1) is 11.8 Å². The molecule has 0 bridgehead atoms. The van der Waals surface area contributed by atoms with Crippen LogP contribution in [0.3, 0.4) is 0 Å². The summed E-state index contributed by atoms with van der Waals surface area (Å²) in [6.45, 7) is 6.50. The number of nitrogens with one attached hydrogen (secondary N) is 2. The molecule has 122 valence electrons. The van der Waals surface area contributed by atoms with Crippen LogP contribution in [-0.2, 0) is 9.53 Å². The Bertz CT molecular complexity index is 314. The molecule has 0 aromatic rings. The first-order valence-corrected chi connectivity index (χ1v) is 8.84. The van der Waals surface area contributed by atoms with Gasteiger partial charge in [0.15, 0.2) is 0 Å². The summed E-state index contributed by atoms with van der Waals surface area (Å²) in [7, 11) is 0. The van der Waals surface area contributed by atoms with Crippen LogP contribution in [0.2, 0.25) is 0 Å². The first-order chi connectivity index (χ1) is 10.2. The third-order valence-corrected chi connectivity index (χ3v) is 5.05. The second kappa shape index (κ2) is 8.74. The third-order valence-electron chi connectivity index (χ3n) is 5.05. The molecule has 2 N–H and O–H groups in total. The molecule has 2 rings (SSSR count). The van der Waals surface area contributed by atoms with E-state index in [1.807, 2.05) is 0 Å². The predicted molar refractivity (Wildman–Crippen MR) is 85.2 cm³/mol. The second-order valence-corrected chi connectivity index (χ2v) is 6.75. The van der Waals surface area contributed by atoms with Gasteiger partial charge in [0, 0.05) is 12.1 Å². The van der Waals surface area contributed by atoms with Gasteiger partial charge in [-0.1, -0.05) is 32.6 Å². The lowest BCUT2D eigenvalue weighted by molar-refractivity contribution is -0.126. The minimum absolute atomic E-state index is 0.0234. The van der Waals surface area contributed by atoms with Gasteiger partial charge in [0.25, 0.3) is 0 Å². The van der Waals surface area contributed by atoms with Crippen LogP contribution in [0.4, 0.5) is 0 Å². The minimum atomic E-state index is -0.0234. The second-order valence-electron chi connectivity index (χ2n) is 6.75. The Morgan fingerprint density at radius 1 is 1.19 bits per heavy atom. The van der Waals surface area contributed by atoms with Crippen LogP contribution in [0.25, 0.3) is 0 Å². The van der Waals surface area contributed by atoms with Crippen molar-refractivity contribution in [3.8, 4) is 0 Å². The van der Waals surface area contributed by atoms with Gasteiger partial charge in [0.2, 0.25) is 5.91 Å². The number of hydrogen-bond acceptors (Lipinski definition) is 3. The van der Waals surface area contributed by atoms with Crippen LogP contribution in [0.1, 0.15) is 58.8 Å². The van der Waals surface area contributed by atoms with E-state index in [1.54, 1.807) is 0 Å². The molecule has 1 saturated heterocycles. The zero-order valence-electron chi connectivity index (χ0n) is 13.7. The van der Waals surface area contributed by atoms with Crippen molar-refractivity contribution in [1.29, 1.82) is 0 Å². The summed E-state index contributed by atoms with van der Waals surface area (Å²) in [5, 5.41) is 6.71. The predicted octanol–water partition coefficient (Wildman–Crippen LogP) is 2.48. The van der Waals surface area contributed by atoms with E-state index < -0.39 is 0 Å². The van der Waals surface area contributed by atoms with Crippen LogP contribution >= 0.6 is 0 Å². The first kappa shape index (κ1) is 16.8. The maximum Gasteiger partial charge on any atom is 0.227 e.